The number of aromatic nitrogens is 2. The van der Waals surface area contributed by atoms with Crippen molar-refractivity contribution in [2.24, 2.45) is 0 Å². The smallest absolute Gasteiger partial charge is 0.251 e. The van der Waals surface area contributed by atoms with Crippen LogP contribution in [0.5, 0.6) is 17.4 Å². The summed E-state index contributed by atoms with van der Waals surface area (Å²) in [6.07, 6.45) is 3.66. The van der Waals surface area contributed by atoms with Crippen LogP contribution in [-0.2, 0) is 6.54 Å². The van der Waals surface area contributed by atoms with Crippen LogP contribution >= 0.6 is 11.8 Å². The average molecular weight is 458 g/mol. The minimum absolute atomic E-state index is 0.158. The van der Waals surface area contributed by atoms with E-state index < -0.39 is 0 Å². The minimum Gasteiger partial charge on any atom is -0.497 e. The zero-order valence-electron chi connectivity index (χ0n) is 18.3. The molecule has 0 bridgehead atoms. The number of carbonyl (C=O) groups excluding carboxylic acids is 1. The highest BCUT2D eigenvalue weighted by Gasteiger charge is 2.10. The van der Waals surface area contributed by atoms with E-state index in [9.17, 15) is 4.79 Å². The molecule has 4 rings (SSSR count). The number of nitrogens with one attached hydrogen (secondary N) is 1. The van der Waals surface area contributed by atoms with Gasteiger partial charge in [0.25, 0.3) is 5.91 Å². The Bertz CT molecular complexity index is 1250. The summed E-state index contributed by atoms with van der Waals surface area (Å²) < 4.78 is 11.1. The molecule has 0 unspecified atom stereocenters. The van der Waals surface area contributed by atoms with Crippen molar-refractivity contribution in [2.45, 2.75) is 11.4 Å². The largest absolute Gasteiger partial charge is 0.497 e. The Morgan fingerprint density at radius 3 is 2.55 bits per heavy atom. The molecule has 1 N–H and O–H groups in total. The molecular weight excluding hydrogens is 434 g/mol. The van der Waals surface area contributed by atoms with E-state index in [1.54, 1.807) is 49.3 Å². The van der Waals surface area contributed by atoms with Crippen LogP contribution in [0.4, 0.5) is 0 Å². The third kappa shape index (κ3) is 5.90. The van der Waals surface area contributed by atoms with Crippen molar-refractivity contribution in [1.29, 1.82) is 0 Å². The van der Waals surface area contributed by atoms with Crippen molar-refractivity contribution in [1.82, 2.24) is 15.3 Å². The Morgan fingerprint density at radius 1 is 0.970 bits per heavy atom. The molecule has 0 atom stereocenters. The SMILES string of the molecule is COc1cccc(Oc2ccnc(-c3cccc(C(=O)NCc4ccc(SC)cc4)c3)n2)c1. The zero-order valence-corrected chi connectivity index (χ0v) is 19.1. The molecule has 3 aromatic carbocycles. The molecule has 0 saturated carbocycles. The second-order valence-corrected chi connectivity index (χ2v) is 7.99. The average Bonchev–Trinajstić information content (AvgIpc) is 2.88. The highest BCUT2D eigenvalue weighted by Crippen LogP contribution is 2.25. The van der Waals surface area contributed by atoms with Crippen LogP contribution in [-0.4, -0.2) is 29.2 Å². The fraction of sp³-hybridized carbons (Fsp3) is 0.115. The fourth-order valence-corrected chi connectivity index (χ4v) is 3.56. The van der Waals surface area contributed by atoms with Gasteiger partial charge in [0.2, 0.25) is 5.88 Å². The van der Waals surface area contributed by atoms with Crippen molar-refractivity contribution in [2.75, 3.05) is 13.4 Å². The predicted octanol–water partition coefficient (Wildman–Crippen LogP) is 5.60. The van der Waals surface area contributed by atoms with Crippen molar-refractivity contribution in [3.8, 4) is 28.8 Å². The van der Waals surface area contributed by atoms with Crippen molar-refractivity contribution < 1.29 is 14.3 Å². The van der Waals surface area contributed by atoms with Crippen molar-refractivity contribution in [3.05, 3.63) is 96.2 Å². The van der Waals surface area contributed by atoms with Gasteiger partial charge >= 0.3 is 0 Å². The summed E-state index contributed by atoms with van der Waals surface area (Å²) >= 11 is 1.69. The molecule has 0 spiro atoms. The molecule has 1 aromatic heterocycles. The lowest BCUT2D eigenvalue weighted by Gasteiger charge is -2.09. The first-order chi connectivity index (χ1) is 16.1. The summed E-state index contributed by atoms with van der Waals surface area (Å²) in [5.74, 6) is 2.02. The number of nitrogens with zero attached hydrogens (tertiary/aromatic N) is 2. The summed E-state index contributed by atoms with van der Waals surface area (Å²) in [7, 11) is 1.60. The summed E-state index contributed by atoms with van der Waals surface area (Å²) in [6, 6.07) is 24.3. The second-order valence-electron chi connectivity index (χ2n) is 7.11. The standard InChI is InChI=1S/C26H23N3O3S/c1-31-21-7-4-8-22(16-21)32-24-13-14-27-25(29-24)19-5-3-6-20(15-19)26(30)28-17-18-9-11-23(33-2)12-10-18/h3-16H,17H2,1-2H3,(H,28,30). The van der Waals surface area contributed by atoms with Crippen LogP contribution in [0.2, 0.25) is 0 Å². The van der Waals surface area contributed by atoms with E-state index in [4.69, 9.17) is 9.47 Å². The lowest BCUT2D eigenvalue weighted by atomic mass is 10.1. The van der Waals surface area contributed by atoms with E-state index in [0.717, 1.165) is 11.1 Å². The van der Waals surface area contributed by atoms with Gasteiger partial charge in [-0.25, -0.2) is 4.98 Å². The highest BCUT2D eigenvalue weighted by atomic mass is 32.2. The van der Waals surface area contributed by atoms with Gasteiger partial charge < -0.3 is 14.8 Å². The first-order valence-electron chi connectivity index (χ1n) is 10.3. The van der Waals surface area contributed by atoms with E-state index in [0.29, 0.717) is 35.3 Å². The Labute approximate surface area is 197 Å². The van der Waals surface area contributed by atoms with E-state index in [1.165, 1.54) is 4.90 Å². The number of ether oxygens (including phenoxy) is 2. The molecule has 0 aliphatic heterocycles. The maximum atomic E-state index is 12.7. The van der Waals surface area contributed by atoms with Gasteiger partial charge in [0.05, 0.1) is 7.11 Å². The third-order valence-electron chi connectivity index (χ3n) is 4.89. The highest BCUT2D eigenvalue weighted by molar-refractivity contribution is 7.98. The number of methoxy groups -OCH3 is 1. The quantitative estimate of drug-likeness (QED) is 0.347. The van der Waals surface area contributed by atoms with Crippen LogP contribution in [0.25, 0.3) is 11.4 Å². The van der Waals surface area contributed by atoms with Crippen molar-refractivity contribution in [3.63, 3.8) is 0 Å². The topological polar surface area (TPSA) is 73.3 Å². The molecule has 33 heavy (non-hydrogen) atoms. The predicted molar refractivity (Wildman–Crippen MR) is 130 cm³/mol. The van der Waals surface area contributed by atoms with Gasteiger partial charge in [-0.15, -0.1) is 11.8 Å². The van der Waals surface area contributed by atoms with Crippen LogP contribution in [0.15, 0.2) is 90.0 Å². The summed E-state index contributed by atoms with van der Waals surface area (Å²) in [5.41, 5.74) is 2.31. The molecule has 0 fully saturated rings. The van der Waals surface area contributed by atoms with Gasteiger partial charge in [-0.3, -0.25) is 4.79 Å². The molecular formula is C26H23N3O3S. The Hall–Kier alpha value is -3.84. The van der Waals surface area contributed by atoms with E-state index in [2.05, 4.69) is 15.3 Å². The summed E-state index contributed by atoms with van der Waals surface area (Å²) in [5, 5.41) is 2.96. The van der Waals surface area contributed by atoms with E-state index in [1.807, 2.05) is 60.9 Å². The lowest BCUT2D eigenvalue weighted by Crippen LogP contribution is -2.22. The molecule has 1 heterocycles. The van der Waals surface area contributed by atoms with Crippen LogP contribution in [0, 0.1) is 0 Å². The van der Waals surface area contributed by atoms with Gasteiger partial charge in [0.15, 0.2) is 5.82 Å². The summed E-state index contributed by atoms with van der Waals surface area (Å²) in [6.45, 7) is 0.456. The lowest BCUT2D eigenvalue weighted by molar-refractivity contribution is 0.0951. The second kappa shape index (κ2) is 10.7. The van der Waals surface area contributed by atoms with Gasteiger partial charge in [-0.2, -0.15) is 4.98 Å². The number of hydrogen-bond acceptors (Lipinski definition) is 6. The van der Waals surface area contributed by atoms with Crippen LogP contribution < -0.4 is 14.8 Å². The molecule has 0 radical (unpaired) electrons. The molecule has 0 aliphatic carbocycles. The monoisotopic (exact) mass is 457 g/mol. The minimum atomic E-state index is -0.158. The molecule has 6 nitrogen and oxygen atoms in total. The van der Waals surface area contributed by atoms with Gasteiger partial charge in [-0.1, -0.05) is 30.3 Å². The van der Waals surface area contributed by atoms with Crippen LogP contribution in [0.3, 0.4) is 0 Å². The van der Waals surface area contributed by atoms with Gasteiger partial charge in [-0.05, 0) is 48.2 Å². The summed E-state index contributed by atoms with van der Waals surface area (Å²) in [4.78, 5) is 22.7. The molecule has 0 saturated heterocycles. The normalized spacial score (nSPS) is 10.5. The van der Waals surface area contributed by atoms with E-state index in [-0.39, 0.29) is 5.91 Å². The molecule has 4 aromatic rings. The van der Waals surface area contributed by atoms with Gasteiger partial charge in [0.1, 0.15) is 11.5 Å². The molecule has 1 amide bonds. The Kier molecular flexibility index (Phi) is 7.22. The number of hydrogen-bond donors (Lipinski definition) is 1. The maximum absolute atomic E-state index is 12.7. The van der Waals surface area contributed by atoms with Crippen LogP contribution in [0.1, 0.15) is 15.9 Å². The maximum Gasteiger partial charge on any atom is 0.251 e. The molecule has 0 aliphatic rings. The third-order valence-corrected chi connectivity index (χ3v) is 5.63. The molecule has 7 heteroatoms. The molecule has 166 valence electrons. The number of amides is 1. The fourth-order valence-electron chi connectivity index (χ4n) is 3.15. The first-order valence-corrected chi connectivity index (χ1v) is 11.5. The zero-order chi connectivity index (χ0) is 23.0. The number of benzene rings is 3. The number of carbonyl (C=O) groups is 1. The Morgan fingerprint density at radius 2 is 1.76 bits per heavy atom. The first kappa shape index (κ1) is 22.4. The van der Waals surface area contributed by atoms with Gasteiger partial charge in [0, 0.05) is 40.9 Å². The number of rotatable bonds is 8. The van der Waals surface area contributed by atoms with Crippen molar-refractivity contribution >= 4 is 17.7 Å². The van der Waals surface area contributed by atoms with E-state index >= 15 is 0 Å². The Balaban J connectivity index is 1.46. The number of thioether (sulfide) groups is 1.